The molecule has 12 amide bonds. The van der Waals surface area contributed by atoms with Crippen molar-refractivity contribution in [3.05, 3.63) is 283 Å². The normalized spacial score (nSPS) is 16.1. The Bertz CT molecular complexity index is 6540. The van der Waals surface area contributed by atoms with Crippen LogP contribution in [0.2, 0.25) is 0 Å². The average molecular weight is 1970 g/mol. The minimum atomic E-state index is -1.02. The highest BCUT2D eigenvalue weighted by Gasteiger charge is 2.48. The third-order valence-electron chi connectivity index (χ3n) is 28.6. The number of anilines is 12. The topological polar surface area (TPSA) is 302 Å². The Hall–Kier alpha value is -14.9. The monoisotopic (exact) mass is 1970 g/mol. The predicted molar refractivity (Wildman–Crippen MR) is 592 cm³/mol. The van der Waals surface area contributed by atoms with Crippen LogP contribution in [0.1, 0.15) is 311 Å². The van der Waals surface area contributed by atoms with E-state index < -0.39 is 101 Å². The fourth-order valence-corrected chi connectivity index (χ4v) is 20.5. The molecule has 760 valence electrons. The van der Waals surface area contributed by atoms with Crippen LogP contribution in [-0.4, -0.2) is 36.2 Å². The molecule has 8 bridgehead atoms. The minimum Gasteiger partial charge on any atom is -0.457 e. The quantitative estimate of drug-likeness (QED) is 0.0675. The molecule has 5 aliphatic rings. The van der Waals surface area contributed by atoms with E-state index in [1.54, 1.807) is 97.1 Å². The van der Waals surface area contributed by atoms with E-state index in [-0.39, 0.29) is 23.0 Å². The highest BCUT2D eigenvalue weighted by Crippen LogP contribution is 2.62. The number of para-hydroxylation sites is 8. The van der Waals surface area contributed by atoms with Gasteiger partial charge < -0.3 is 92.2 Å². The molecule has 146 heavy (non-hydrogen) atoms. The van der Waals surface area contributed by atoms with E-state index in [4.69, 9.17) is 28.4 Å². The number of hydrogen-bond donors (Lipinski definition) is 12. The van der Waals surface area contributed by atoms with Crippen LogP contribution < -0.4 is 92.2 Å². The molecule has 5 aliphatic heterocycles. The summed E-state index contributed by atoms with van der Waals surface area (Å²) < 4.78 is 42.5. The van der Waals surface area contributed by atoms with E-state index >= 15 is 28.8 Å². The van der Waals surface area contributed by atoms with Crippen molar-refractivity contribution in [1.29, 1.82) is 0 Å². The molecule has 24 heteroatoms. The second kappa shape index (κ2) is 36.1. The Balaban J connectivity index is 0.779. The summed E-state index contributed by atoms with van der Waals surface area (Å²) in [6, 6.07) is 56.8. The van der Waals surface area contributed by atoms with Crippen LogP contribution in [0.5, 0.6) is 69.0 Å². The zero-order chi connectivity index (χ0) is 106. The van der Waals surface area contributed by atoms with Gasteiger partial charge >= 0.3 is 36.2 Å². The van der Waals surface area contributed by atoms with E-state index in [2.05, 4.69) is 285 Å². The molecule has 5 heterocycles. The summed E-state index contributed by atoms with van der Waals surface area (Å²) in [4.78, 5) is 93.0. The Morgan fingerprint density at radius 2 is 0.267 bits per heavy atom. The minimum absolute atomic E-state index is 0.255. The Morgan fingerprint density at radius 3 is 0.390 bits per heavy atom. The Kier molecular flexibility index (Phi) is 25.3. The van der Waals surface area contributed by atoms with Gasteiger partial charge in [-0.1, -0.05) is 270 Å². The van der Waals surface area contributed by atoms with E-state index in [0.717, 1.165) is 44.5 Å². The highest BCUT2D eigenvalue weighted by molar-refractivity contribution is 6.08. The molecular weight excluding hydrogens is 1830 g/mol. The molecule has 24 nitrogen and oxygen atoms in total. The van der Waals surface area contributed by atoms with Crippen LogP contribution in [0, 0.1) is 0 Å². The van der Waals surface area contributed by atoms with Crippen molar-refractivity contribution >= 4 is 104 Å². The first kappa shape index (κ1) is 103. The molecule has 0 unspecified atom stereocenters. The lowest BCUT2D eigenvalue weighted by Crippen LogP contribution is -2.33. The first-order chi connectivity index (χ1) is 67.8. The summed E-state index contributed by atoms with van der Waals surface area (Å²) in [6.45, 7) is 67.0. The molecule has 0 fully saturated rings. The second-order valence-electron chi connectivity index (χ2n) is 49.7. The van der Waals surface area contributed by atoms with Crippen molar-refractivity contribution in [2.45, 2.75) is 287 Å². The van der Waals surface area contributed by atoms with Crippen LogP contribution in [0.25, 0.3) is 0 Å². The van der Waals surface area contributed by atoms with Gasteiger partial charge in [-0.3, -0.25) is 0 Å². The van der Waals surface area contributed by atoms with Gasteiger partial charge in [-0.05, 0) is 233 Å². The van der Waals surface area contributed by atoms with Crippen LogP contribution in [0.3, 0.4) is 0 Å². The summed E-state index contributed by atoms with van der Waals surface area (Å²) in [5.74, 6) is 5.14. The SMILES string of the molecule is CC(C)(C)c1cc2c3c(c1)Oc1cc(C(C)(C)C)cc(c1C3(C)C)NC(=O)Nc1cc(C(C)(C)C)cc3c1C(C)(C)c1c(cc(C(C)(C)C)cc1O3)NC(=O)Nc1ccccc1Oc1ccccc1NC(=O)Nc1cc(C(C)(C)C)cc3c1C(C)(C)c1c(cc(C(C)(C)C)cc1O3)NC(=O)Nc1cc(C(C)(C)C)cc3c1C(C)(C)c1c(cc(C(C)(C)C)cc1O3)NC(=O)Nc1ccccc1Oc1ccccc1NC(=O)N2. The van der Waals surface area contributed by atoms with Crippen molar-refractivity contribution in [2.75, 3.05) is 63.8 Å². The zero-order valence-electron chi connectivity index (χ0n) is 90.4. The standard InChI is InChI=1S/C122H140N12O12/c1-111(2,3)65-49-77-97-89(57-65)143-93-61-69(115(13,14)15)53-81(101(93)119(97,25)26)131-109(139)132-82-54-70(116(16,17)18)62-94-102(82)120(27,28)98-78(50-66(112(4,5)6)58-90(98)144-94)129-107(137)125-75-43-35-39-47-87(75)142-88-48-40-36-44-76(88)126-108(138)130-80-52-68(114(10,11)12)60-92-100(80)122(31,32)104-84(56-72(118(22,23)24)64-96(104)146-92)134-110(140)133-83-55-71(117(19,20)21)63-95-103(83)121(29,30)99-79(51-67(113(7,8)9)59-91(99)145-95)128-106(136)124-74-42-34-38-46-86(74)141-85-45-37-33-41-73(85)123-105(135)127-77/h33-64H,1-32H3,(H2,123,127,135)(H2,124,128,136)(H2,125,129,137)(H2,126,130,138)(H2,131,132,139)(H2,133,134,140). The van der Waals surface area contributed by atoms with Gasteiger partial charge in [-0.2, -0.15) is 0 Å². The summed E-state index contributed by atoms with van der Waals surface area (Å²) in [6.07, 6.45) is 0. The van der Waals surface area contributed by atoms with Gasteiger partial charge in [0.25, 0.3) is 0 Å². The lowest BCUT2D eigenvalue weighted by Gasteiger charge is -2.40. The number of carbonyl (C=O) groups excluding carboxylic acids is 6. The lowest BCUT2D eigenvalue weighted by molar-refractivity contribution is 0.261. The summed E-state index contributed by atoms with van der Waals surface area (Å²) >= 11 is 0. The number of carbonyl (C=O) groups is 6. The van der Waals surface area contributed by atoms with Crippen LogP contribution in [0.15, 0.2) is 194 Å². The molecule has 0 saturated heterocycles. The van der Waals surface area contributed by atoms with Gasteiger partial charge in [0.15, 0.2) is 23.0 Å². The van der Waals surface area contributed by atoms with Crippen LogP contribution in [-0.2, 0) is 65.0 Å². The number of amides is 12. The van der Waals surface area contributed by atoms with Gasteiger partial charge in [0, 0.05) is 66.2 Å². The molecule has 0 spiro atoms. The summed E-state index contributed by atoms with van der Waals surface area (Å²) in [5.41, 5.74) is 9.28. The maximum atomic E-state index is 15.9. The maximum absolute atomic E-state index is 15.9. The van der Waals surface area contributed by atoms with Crippen LogP contribution >= 0.6 is 0 Å². The Morgan fingerprint density at radius 1 is 0.158 bits per heavy atom. The zero-order valence-corrected chi connectivity index (χ0v) is 90.4. The number of nitrogens with one attached hydrogen (secondary N) is 12. The van der Waals surface area contributed by atoms with E-state index in [9.17, 15) is 0 Å². The molecule has 0 aliphatic carbocycles. The fraction of sp³-hybridized carbons (Fsp3) is 0.361. The molecular formula is C122H140N12O12. The third kappa shape index (κ3) is 20.0. The van der Waals surface area contributed by atoms with Crippen molar-refractivity contribution < 1.29 is 57.2 Å². The van der Waals surface area contributed by atoms with Crippen molar-refractivity contribution in [3.8, 4) is 69.0 Å². The van der Waals surface area contributed by atoms with E-state index in [1.165, 1.54) is 0 Å². The summed E-state index contributed by atoms with van der Waals surface area (Å²) in [5, 5.41) is 39.0. The molecule has 0 radical (unpaired) electrons. The van der Waals surface area contributed by atoms with Crippen molar-refractivity contribution in [3.63, 3.8) is 0 Å². The molecule has 17 rings (SSSR count). The summed E-state index contributed by atoms with van der Waals surface area (Å²) in [7, 11) is 0. The molecule has 0 saturated carbocycles. The Labute approximate surface area is 859 Å². The second-order valence-corrected chi connectivity index (χ2v) is 49.7. The van der Waals surface area contributed by atoms with Gasteiger partial charge in [0.2, 0.25) is 0 Å². The number of rotatable bonds is 0. The molecule has 0 aromatic heterocycles. The molecule has 12 aromatic rings. The molecule has 12 aromatic carbocycles. The van der Waals surface area contributed by atoms with E-state index in [0.29, 0.717) is 159 Å². The van der Waals surface area contributed by atoms with Gasteiger partial charge in [0.05, 0.1) is 68.2 Å². The maximum Gasteiger partial charge on any atom is 0.323 e. The highest BCUT2D eigenvalue weighted by atomic mass is 16.5. The van der Waals surface area contributed by atoms with Gasteiger partial charge in [0.1, 0.15) is 46.0 Å². The number of hydrogen-bond acceptors (Lipinski definition) is 12. The smallest absolute Gasteiger partial charge is 0.323 e. The first-order valence-corrected chi connectivity index (χ1v) is 50.2. The van der Waals surface area contributed by atoms with E-state index in [1.807, 2.05) is 97.1 Å². The van der Waals surface area contributed by atoms with Crippen molar-refractivity contribution in [1.82, 2.24) is 0 Å². The number of urea groups is 6. The first-order valence-electron chi connectivity index (χ1n) is 50.2. The van der Waals surface area contributed by atoms with Gasteiger partial charge in [-0.25, -0.2) is 28.8 Å². The van der Waals surface area contributed by atoms with Gasteiger partial charge in [-0.15, -0.1) is 0 Å². The number of ether oxygens (including phenoxy) is 6. The largest absolute Gasteiger partial charge is 0.457 e. The average Bonchev–Trinajstić information content (AvgIpc) is 0.726. The van der Waals surface area contributed by atoms with Crippen molar-refractivity contribution in [2.24, 2.45) is 0 Å². The number of benzene rings is 12. The molecule has 0 atom stereocenters. The van der Waals surface area contributed by atoms with Crippen LogP contribution in [0.4, 0.5) is 97.0 Å². The molecule has 12 N–H and O–H groups in total. The lowest BCUT2D eigenvalue weighted by atomic mass is 9.71. The fourth-order valence-electron chi connectivity index (χ4n) is 20.5. The predicted octanol–water partition coefficient (Wildman–Crippen LogP) is 33.6. The number of fused-ring (bicyclic) bond motifs is 4. The third-order valence-corrected chi connectivity index (χ3v) is 28.6.